The van der Waals surface area contributed by atoms with Crippen LogP contribution in [-0.4, -0.2) is 9.97 Å². The molecule has 0 saturated carbocycles. The SMILES string of the molecule is Nc1nc2cc(N)c(CCl)cc2[nH]1. The summed E-state index contributed by atoms with van der Waals surface area (Å²) in [7, 11) is 0. The molecule has 4 nitrogen and oxygen atoms in total. The van der Waals surface area contributed by atoms with Gasteiger partial charge in [0.2, 0.25) is 0 Å². The van der Waals surface area contributed by atoms with Crippen LogP contribution in [0.4, 0.5) is 11.6 Å². The van der Waals surface area contributed by atoms with Crippen LogP contribution in [0, 0.1) is 0 Å². The van der Waals surface area contributed by atoms with Gasteiger partial charge in [0.05, 0.1) is 11.0 Å². The first kappa shape index (κ1) is 8.19. The van der Waals surface area contributed by atoms with Gasteiger partial charge in [-0.15, -0.1) is 11.6 Å². The summed E-state index contributed by atoms with van der Waals surface area (Å²) in [6, 6.07) is 3.63. The lowest BCUT2D eigenvalue weighted by molar-refractivity contribution is 1.35. The number of hydrogen-bond donors (Lipinski definition) is 3. The van der Waals surface area contributed by atoms with Crippen LogP contribution >= 0.6 is 11.6 Å². The summed E-state index contributed by atoms with van der Waals surface area (Å²) in [5.41, 5.74) is 14.4. The van der Waals surface area contributed by atoms with Crippen LogP contribution in [0.15, 0.2) is 12.1 Å². The van der Waals surface area contributed by atoms with E-state index in [4.69, 9.17) is 23.1 Å². The van der Waals surface area contributed by atoms with E-state index in [1.54, 1.807) is 6.07 Å². The van der Waals surface area contributed by atoms with Gasteiger partial charge in [0.1, 0.15) is 0 Å². The van der Waals surface area contributed by atoms with Crippen molar-refractivity contribution in [2.75, 3.05) is 11.5 Å². The molecule has 68 valence electrons. The maximum atomic E-state index is 5.73. The fraction of sp³-hybridized carbons (Fsp3) is 0.125. The molecule has 0 fully saturated rings. The molecule has 13 heavy (non-hydrogen) atoms. The Bertz CT molecular complexity index is 449. The van der Waals surface area contributed by atoms with Gasteiger partial charge in [-0.25, -0.2) is 4.98 Å². The Morgan fingerprint density at radius 3 is 2.85 bits per heavy atom. The number of aromatic nitrogens is 2. The van der Waals surface area contributed by atoms with E-state index >= 15 is 0 Å². The van der Waals surface area contributed by atoms with Crippen LogP contribution in [0.25, 0.3) is 11.0 Å². The molecular formula is C8H9ClN4. The van der Waals surface area contributed by atoms with E-state index in [9.17, 15) is 0 Å². The molecule has 0 spiro atoms. The van der Waals surface area contributed by atoms with Crippen LogP contribution in [0.1, 0.15) is 5.56 Å². The van der Waals surface area contributed by atoms with Gasteiger partial charge in [-0.3, -0.25) is 0 Å². The zero-order chi connectivity index (χ0) is 9.42. The van der Waals surface area contributed by atoms with Crippen molar-refractivity contribution in [3.63, 3.8) is 0 Å². The zero-order valence-electron chi connectivity index (χ0n) is 6.84. The quantitative estimate of drug-likeness (QED) is 0.477. The topological polar surface area (TPSA) is 80.7 Å². The second-order valence-electron chi connectivity index (χ2n) is 2.82. The van der Waals surface area contributed by atoms with Gasteiger partial charge in [-0.05, 0) is 17.7 Å². The molecule has 1 aromatic heterocycles. The molecular weight excluding hydrogens is 188 g/mol. The molecule has 1 heterocycles. The molecule has 0 radical (unpaired) electrons. The molecule has 1 aromatic carbocycles. The highest BCUT2D eigenvalue weighted by molar-refractivity contribution is 6.17. The average Bonchev–Trinajstić information content (AvgIpc) is 2.42. The lowest BCUT2D eigenvalue weighted by atomic mass is 10.2. The smallest absolute Gasteiger partial charge is 0.198 e. The Labute approximate surface area is 79.9 Å². The number of hydrogen-bond acceptors (Lipinski definition) is 3. The Kier molecular flexibility index (Phi) is 1.77. The lowest BCUT2D eigenvalue weighted by Gasteiger charge is -2.00. The molecule has 0 aliphatic heterocycles. The van der Waals surface area contributed by atoms with E-state index in [1.165, 1.54) is 0 Å². The van der Waals surface area contributed by atoms with Crippen molar-refractivity contribution < 1.29 is 0 Å². The molecule has 5 N–H and O–H groups in total. The van der Waals surface area contributed by atoms with E-state index in [2.05, 4.69) is 9.97 Å². The van der Waals surface area contributed by atoms with Gasteiger partial charge < -0.3 is 16.5 Å². The van der Waals surface area contributed by atoms with Crippen molar-refractivity contribution in [3.8, 4) is 0 Å². The summed E-state index contributed by atoms with van der Waals surface area (Å²) in [6.45, 7) is 0. The highest BCUT2D eigenvalue weighted by Crippen LogP contribution is 2.21. The summed E-state index contributed by atoms with van der Waals surface area (Å²) in [5.74, 6) is 0.780. The largest absolute Gasteiger partial charge is 0.398 e. The van der Waals surface area contributed by atoms with Crippen LogP contribution in [0.3, 0.4) is 0 Å². The number of nitrogens with one attached hydrogen (secondary N) is 1. The minimum absolute atomic E-state index is 0.390. The Hall–Kier alpha value is -1.42. The average molecular weight is 197 g/mol. The minimum atomic E-state index is 0.390. The number of benzene rings is 1. The van der Waals surface area contributed by atoms with Crippen LogP contribution in [0.2, 0.25) is 0 Å². The third-order valence-corrected chi connectivity index (χ3v) is 2.19. The fourth-order valence-corrected chi connectivity index (χ4v) is 1.48. The molecule has 0 unspecified atom stereocenters. The fourth-order valence-electron chi connectivity index (χ4n) is 1.25. The molecule has 0 bridgehead atoms. The first-order chi connectivity index (χ1) is 6.20. The molecule has 5 heteroatoms. The van der Waals surface area contributed by atoms with Gasteiger partial charge >= 0.3 is 0 Å². The number of imidazole rings is 1. The number of nitrogens with two attached hydrogens (primary N) is 2. The number of halogens is 1. The van der Waals surface area contributed by atoms with Crippen molar-refractivity contribution in [3.05, 3.63) is 17.7 Å². The highest BCUT2D eigenvalue weighted by atomic mass is 35.5. The summed E-state index contributed by atoms with van der Waals surface area (Å²) >= 11 is 5.69. The lowest BCUT2D eigenvalue weighted by Crippen LogP contribution is -1.91. The number of fused-ring (bicyclic) bond motifs is 1. The highest BCUT2D eigenvalue weighted by Gasteiger charge is 2.04. The summed E-state index contributed by atoms with van der Waals surface area (Å²) in [5, 5.41) is 0. The van der Waals surface area contributed by atoms with Gasteiger partial charge in [0.15, 0.2) is 5.95 Å². The number of rotatable bonds is 1. The van der Waals surface area contributed by atoms with Crippen LogP contribution < -0.4 is 11.5 Å². The van der Waals surface area contributed by atoms with E-state index in [0.29, 0.717) is 17.5 Å². The molecule has 0 aliphatic rings. The number of H-pyrrole nitrogens is 1. The molecule has 2 rings (SSSR count). The summed E-state index contributed by atoms with van der Waals surface area (Å²) in [4.78, 5) is 6.96. The van der Waals surface area contributed by atoms with Crippen molar-refractivity contribution >= 4 is 34.3 Å². The summed E-state index contributed by atoms with van der Waals surface area (Å²) < 4.78 is 0. The first-order valence-corrected chi connectivity index (χ1v) is 4.33. The Morgan fingerprint density at radius 1 is 1.38 bits per heavy atom. The normalized spacial score (nSPS) is 10.8. The molecule has 0 atom stereocenters. The van der Waals surface area contributed by atoms with Gasteiger partial charge in [0, 0.05) is 11.6 Å². The molecule has 2 aromatic rings. The number of aromatic amines is 1. The number of nitrogens with zero attached hydrogens (tertiary/aromatic N) is 1. The van der Waals surface area contributed by atoms with E-state index < -0.39 is 0 Å². The number of anilines is 2. The summed E-state index contributed by atoms with van der Waals surface area (Å²) in [6.07, 6.45) is 0. The van der Waals surface area contributed by atoms with Gasteiger partial charge in [0.25, 0.3) is 0 Å². The standard InChI is InChI=1S/C8H9ClN4/c9-3-4-1-6-7(2-5(4)10)13-8(11)12-6/h1-2H,3,10H2,(H3,11,12,13). The second kappa shape index (κ2) is 2.81. The Balaban J connectivity index is 2.72. The van der Waals surface area contributed by atoms with E-state index in [-0.39, 0.29) is 0 Å². The van der Waals surface area contributed by atoms with Crippen LogP contribution in [0.5, 0.6) is 0 Å². The van der Waals surface area contributed by atoms with E-state index in [1.807, 2.05) is 6.07 Å². The monoisotopic (exact) mass is 196 g/mol. The number of nitrogen functional groups attached to an aromatic ring is 2. The van der Waals surface area contributed by atoms with Gasteiger partial charge in [-0.2, -0.15) is 0 Å². The minimum Gasteiger partial charge on any atom is -0.398 e. The van der Waals surface area contributed by atoms with Crippen molar-refractivity contribution in [2.45, 2.75) is 5.88 Å². The Morgan fingerprint density at radius 2 is 2.15 bits per heavy atom. The maximum absolute atomic E-state index is 5.73. The van der Waals surface area contributed by atoms with Crippen molar-refractivity contribution in [1.29, 1.82) is 0 Å². The van der Waals surface area contributed by atoms with Gasteiger partial charge in [-0.1, -0.05) is 0 Å². The molecule has 0 aliphatic carbocycles. The maximum Gasteiger partial charge on any atom is 0.198 e. The van der Waals surface area contributed by atoms with E-state index in [0.717, 1.165) is 16.6 Å². The van der Waals surface area contributed by atoms with Crippen molar-refractivity contribution in [1.82, 2.24) is 9.97 Å². The number of alkyl halides is 1. The van der Waals surface area contributed by atoms with Crippen LogP contribution in [-0.2, 0) is 5.88 Å². The van der Waals surface area contributed by atoms with Crippen molar-refractivity contribution in [2.24, 2.45) is 0 Å². The third-order valence-electron chi connectivity index (χ3n) is 1.91. The predicted octanol–water partition coefficient (Wildman–Crippen LogP) is 1.47. The second-order valence-corrected chi connectivity index (χ2v) is 3.09. The zero-order valence-corrected chi connectivity index (χ0v) is 7.60. The third kappa shape index (κ3) is 1.29. The predicted molar refractivity (Wildman–Crippen MR) is 54.5 cm³/mol. The molecule has 0 amide bonds. The first-order valence-electron chi connectivity index (χ1n) is 3.80. The molecule has 0 saturated heterocycles.